The standard InChI is InChI=1S/C16H24FN3O.HI/c1-4-5-6-10-19-16(18-3)20-12-13(2)21-15-9-7-8-14(17)11-15;/h4-5,7-9,11,13H,6,10,12H2,1-3H3,(H2,18,19,20);1H/b5-4+;. The van der Waals surface area contributed by atoms with Crippen molar-refractivity contribution >= 4 is 29.9 Å². The van der Waals surface area contributed by atoms with Gasteiger partial charge in [0.25, 0.3) is 0 Å². The lowest BCUT2D eigenvalue weighted by atomic mass is 10.3. The summed E-state index contributed by atoms with van der Waals surface area (Å²) in [7, 11) is 1.73. The molecule has 2 N–H and O–H groups in total. The van der Waals surface area contributed by atoms with E-state index >= 15 is 0 Å². The van der Waals surface area contributed by atoms with E-state index in [-0.39, 0.29) is 35.9 Å². The smallest absolute Gasteiger partial charge is 0.191 e. The molecule has 0 bridgehead atoms. The fourth-order valence-corrected chi connectivity index (χ4v) is 1.72. The van der Waals surface area contributed by atoms with Gasteiger partial charge in [-0.15, -0.1) is 24.0 Å². The van der Waals surface area contributed by atoms with Crippen LogP contribution in [0.5, 0.6) is 5.75 Å². The van der Waals surface area contributed by atoms with Crippen LogP contribution in [0.3, 0.4) is 0 Å². The minimum Gasteiger partial charge on any atom is -0.489 e. The quantitative estimate of drug-likeness (QED) is 0.234. The van der Waals surface area contributed by atoms with E-state index in [2.05, 4.69) is 21.7 Å². The van der Waals surface area contributed by atoms with E-state index in [1.165, 1.54) is 12.1 Å². The highest BCUT2D eigenvalue weighted by Gasteiger charge is 2.06. The molecule has 0 aliphatic rings. The van der Waals surface area contributed by atoms with E-state index in [0.29, 0.717) is 12.3 Å². The number of allylic oxidation sites excluding steroid dienone is 1. The fraction of sp³-hybridized carbons (Fsp3) is 0.438. The first-order chi connectivity index (χ1) is 10.2. The maximum absolute atomic E-state index is 13.1. The zero-order chi connectivity index (χ0) is 15.5. The normalized spacial score (nSPS) is 12.6. The summed E-state index contributed by atoms with van der Waals surface area (Å²) in [5.74, 6) is 0.962. The molecule has 0 aliphatic heterocycles. The molecule has 0 aliphatic carbocycles. The number of rotatable bonds is 7. The molecule has 22 heavy (non-hydrogen) atoms. The van der Waals surface area contributed by atoms with Crippen LogP contribution >= 0.6 is 24.0 Å². The lowest BCUT2D eigenvalue weighted by Crippen LogP contribution is -2.42. The first-order valence-electron chi connectivity index (χ1n) is 7.13. The van der Waals surface area contributed by atoms with Crippen molar-refractivity contribution in [2.45, 2.75) is 26.4 Å². The van der Waals surface area contributed by atoms with Gasteiger partial charge in [-0.25, -0.2) is 4.39 Å². The average molecular weight is 421 g/mol. The summed E-state index contributed by atoms with van der Waals surface area (Å²) >= 11 is 0. The van der Waals surface area contributed by atoms with Gasteiger partial charge in [0.2, 0.25) is 0 Å². The van der Waals surface area contributed by atoms with Gasteiger partial charge in [0, 0.05) is 19.7 Å². The Morgan fingerprint density at radius 2 is 2.18 bits per heavy atom. The largest absolute Gasteiger partial charge is 0.489 e. The van der Waals surface area contributed by atoms with Gasteiger partial charge in [-0.1, -0.05) is 18.2 Å². The predicted octanol–water partition coefficient (Wildman–Crippen LogP) is 3.34. The molecule has 0 saturated carbocycles. The van der Waals surface area contributed by atoms with Crippen LogP contribution in [-0.4, -0.2) is 32.2 Å². The number of aliphatic imine (C=N–C) groups is 1. The van der Waals surface area contributed by atoms with Gasteiger partial charge < -0.3 is 15.4 Å². The molecule has 0 saturated heterocycles. The van der Waals surface area contributed by atoms with Crippen LogP contribution in [0.25, 0.3) is 0 Å². The molecule has 124 valence electrons. The first-order valence-corrected chi connectivity index (χ1v) is 7.13. The molecular weight excluding hydrogens is 396 g/mol. The summed E-state index contributed by atoms with van der Waals surface area (Å²) in [4.78, 5) is 4.13. The number of hydrogen-bond donors (Lipinski definition) is 2. The molecule has 6 heteroatoms. The Kier molecular flexibility index (Phi) is 11.5. The second-order valence-corrected chi connectivity index (χ2v) is 4.62. The molecule has 1 atom stereocenters. The molecule has 1 unspecified atom stereocenters. The molecule has 1 aromatic carbocycles. The molecular formula is C16H25FIN3O. The molecule has 0 heterocycles. The molecule has 0 amide bonds. The average Bonchev–Trinajstić information content (AvgIpc) is 2.46. The van der Waals surface area contributed by atoms with Crippen LogP contribution in [0.15, 0.2) is 41.4 Å². The Balaban J connectivity index is 0.00000441. The number of guanidine groups is 1. The second-order valence-electron chi connectivity index (χ2n) is 4.62. The summed E-state index contributed by atoms with van der Waals surface area (Å²) in [6.07, 6.45) is 4.97. The van der Waals surface area contributed by atoms with E-state index in [4.69, 9.17) is 4.74 Å². The molecule has 4 nitrogen and oxygen atoms in total. The number of halogens is 2. The maximum Gasteiger partial charge on any atom is 0.191 e. The highest BCUT2D eigenvalue weighted by atomic mass is 127. The van der Waals surface area contributed by atoms with Gasteiger partial charge >= 0.3 is 0 Å². The van der Waals surface area contributed by atoms with Crippen molar-refractivity contribution in [3.8, 4) is 5.75 Å². The highest BCUT2D eigenvalue weighted by molar-refractivity contribution is 14.0. The van der Waals surface area contributed by atoms with Gasteiger partial charge in [-0.05, 0) is 32.4 Å². The summed E-state index contributed by atoms with van der Waals surface area (Å²) in [6.45, 7) is 5.33. The third kappa shape index (κ3) is 8.86. The second kappa shape index (κ2) is 12.3. The maximum atomic E-state index is 13.1. The third-order valence-corrected chi connectivity index (χ3v) is 2.75. The number of nitrogens with one attached hydrogen (secondary N) is 2. The molecule has 1 rings (SSSR count). The fourth-order valence-electron chi connectivity index (χ4n) is 1.72. The topological polar surface area (TPSA) is 45.7 Å². The summed E-state index contributed by atoms with van der Waals surface area (Å²) in [5, 5.41) is 6.38. The van der Waals surface area contributed by atoms with Gasteiger partial charge in [0.05, 0.1) is 6.54 Å². The number of benzene rings is 1. The van der Waals surface area contributed by atoms with Crippen LogP contribution in [0.4, 0.5) is 4.39 Å². The number of nitrogens with zero attached hydrogens (tertiary/aromatic N) is 1. The first kappa shape index (κ1) is 20.7. The van der Waals surface area contributed by atoms with Gasteiger partial charge in [-0.3, -0.25) is 4.99 Å². The predicted molar refractivity (Wildman–Crippen MR) is 101 cm³/mol. The molecule has 0 aromatic heterocycles. The van der Waals surface area contributed by atoms with E-state index < -0.39 is 0 Å². The lowest BCUT2D eigenvalue weighted by molar-refractivity contribution is 0.223. The van der Waals surface area contributed by atoms with Crippen molar-refractivity contribution in [3.63, 3.8) is 0 Å². The van der Waals surface area contributed by atoms with E-state index in [1.54, 1.807) is 19.2 Å². The Morgan fingerprint density at radius 3 is 2.82 bits per heavy atom. The van der Waals surface area contributed by atoms with E-state index in [0.717, 1.165) is 18.9 Å². The summed E-state index contributed by atoms with van der Waals surface area (Å²) < 4.78 is 18.7. The Morgan fingerprint density at radius 1 is 1.41 bits per heavy atom. The zero-order valence-corrected chi connectivity index (χ0v) is 15.6. The van der Waals surface area contributed by atoms with Crippen molar-refractivity contribution in [1.82, 2.24) is 10.6 Å². The molecule has 0 spiro atoms. The monoisotopic (exact) mass is 421 g/mol. The Labute approximate surface area is 149 Å². The third-order valence-electron chi connectivity index (χ3n) is 2.75. The Hall–Kier alpha value is -1.31. The van der Waals surface area contributed by atoms with Crippen LogP contribution in [0.2, 0.25) is 0 Å². The molecule has 0 fully saturated rings. The van der Waals surface area contributed by atoms with Crippen molar-refractivity contribution in [3.05, 3.63) is 42.2 Å². The summed E-state index contributed by atoms with van der Waals surface area (Å²) in [6, 6.07) is 6.14. The van der Waals surface area contributed by atoms with Gasteiger partial charge in [0.15, 0.2) is 5.96 Å². The number of ether oxygens (including phenoxy) is 1. The van der Waals surface area contributed by atoms with E-state index in [1.807, 2.05) is 19.9 Å². The van der Waals surface area contributed by atoms with Crippen molar-refractivity contribution in [1.29, 1.82) is 0 Å². The van der Waals surface area contributed by atoms with Crippen LogP contribution in [-0.2, 0) is 0 Å². The van der Waals surface area contributed by atoms with Crippen molar-refractivity contribution < 1.29 is 9.13 Å². The van der Waals surface area contributed by atoms with Crippen molar-refractivity contribution in [2.75, 3.05) is 20.1 Å². The van der Waals surface area contributed by atoms with Crippen LogP contribution < -0.4 is 15.4 Å². The van der Waals surface area contributed by atoms with Crippen LogP contribution in [0, 0.1) is 5.82 Å². The van der Waals surface area contributed by atoms with Crippen LogP contribution in [0.1, 0.15) is 20.3 Å². The SMILES string of the molecule is C/C=C/CCNC(=NC)NCC(C)Oc1cccc(F)c1.I. The lowest BCUT2D eigenvalue weighted by Gasteiger charge is -2.17. The minimum atomic E-state index is -0.297. The highest BCUT2D eigenvalue weighted by Crippen LogP contribution is 2.13. The van der Waals surface area contributed by atoms with Gasteiger partial charge in [-0.2, -0.15) is 0 Å². The minimum absolute atomic E-state index is 0. The van der Waals surface area contributed by atoms with Gasteiger partial charge in [0.1, 0.15) is 17.7 Å². The van der Waals surface area contributed by atoms with Crippen molar-refractivity contribution in [2.24, 2.45) is 4.99 Å². The van der Waals surface area contributed by atoms with E-state index in [9.17, 15) is 4.39 Å². The number of hydrogen-bond acceptors (Lipinski definition) is 2. The molecule has 0 radical (unpaired) electrons. The molecule has 1 aromatic rings. The zero-order valence-electron chi connectivity index (χ0n) is 13.3. The summed E-state index contributed by atoms with van der Waals surface area (Å²) in [5.41, 5.74) is 0. The Bertz CT molecular complexity index is 480.